The van der Waals surface area contributed by atoms with Crippen molar-refractivity contribution in [3.05, 3.63) is 29.0 Å². The molecule has 2 atom stereocenters. The summed E-state index contributed by atoms with van der Waals surface area (Å²) in [7, 11) is 1.73. The second-order valence-electron chi connectivity index (χ2n) is 4.20. The third-order valence-corrected chi connectivity index (χ3v) is 3.06. The van der Waals surface area contributed by atoms with Crippen molar-refractivity contribution in [2.24, 2.45) is 5.92 Å². The molecule has 0 aliphatic rings. The van der Waals surface area contributed by atoms with E-state index >= 15 is 0 Å². The van der Waals surface area contributed by atoms with Gasteiger partial charge in [-0.15, -0.1) is 0 Å². The van der Waals surface area contributed by atoms with Gasteiger partial charge < -0.3 is 10.1 Å². The van der Waals surface area contributed by atoms with Gasteiger partial charge in [0, 0.05) is 19.9 Å². The van der Waals surface area contributed by atoms with E-state index in [0.29, 0.717) is 10.9 Å². The molecule has 1 aromatic rings. The molecule has 17 heavy (non-hydrogen) atoms. The Morgan fingerprint density at radius 1 is 1.47 bits per heavy atom. The van der Waals surface area contributed by atoms with E-state index in [1.807, 2.05) is 12.1 Å². The van der Waals surface area contributed by atoms with E-state index in [1.165, 1.54) is 0 Å². The van der Waals surface area contributed by atoms with Gasteiger partial charge in [-0.05, 0) is 31.0 Å². The first-order chi connectivity index (χ1) is 8.19. The molecule has 0 radical (unpaired) electrons. The Morgan fingerprint density at radius 2 is 2.24 bits per heavy atom. The topological polar surface area (TPSA) is 34.2 Å². The van der Waals surface area contributed by atoms with Gasteiger partial charge in [0.2, 0.25) is 0 Å². The molecule has 3 nitrogen and oxygen atoms in total. The molecule has 0 saturated carbocycles. The van der Waals surface area contributed by atoms with E-state index in [4.69, 9.17) is 16.3 Å². The highest BCUT2D eigenvalue weighted by Gasteiger charge is 2.19. The number of hydrogen-bond donors (Lipinski definition) is 1. The zero-order valence-corrected chi connectivity index (χ0v) is 11.5. The van der Waals surface area contributed by atoms with Crippen LogP contribution < -0.4 is 5.32 Å². The largest absolute Gasteiger partial charge is 0.385 e. The molecular weight excluding hydrogens is 236 g/mol. The number of nitrogens with zero attached hydrogens (tertiary/aromatic N) is 1. The molecular formula is C13H21ClN2O. The molecule has 0 aliphatic heterocycles. The standard InChI is InChI=1S/C13H21ClN2O/c1-4-15-13(10(2)7-8-17-3)12-6-5-11(14)9-16-12/h5-6,9-10,13,15H,4,7-8H2,1-3H3. The molecule has 1 N–H and O–H groups in total. The van der Waals surface area contributed by atoms with Gasteiger partial charge in [-0.1, -0.05) is 25.4 Å². The molecule has 0 amide bonds. The lowest BCUT2D eigenvalue weighted by atomic mass is 9.95. The number of halogens is 1. The maximum atomic E-state index is 5.85. The van der Waals surface area contributed by atoms with E-state index in [2.05, 4.69) is 24.1 Å². The van der Waals surface area contributed by atoms with Crippen molar-refractivity contribution < 1.29 is 4.74 Å². The number of pyridine rings is 1. The maximum absolute atomic E-state index is 5.85. The fraction of sp³-hybridized carbons (Fsp3) is 0.615. The second kappa shape index (κ2) is 7.64. The Kier molecular flexibility index (Phi) is 6.48. The summed E-state index contributed by atoms with van der Waals surface area (Å²) in [6.07, 6.45) is 2.71. The molecule has 1 heterocycles. The Hall–Kier alpha value is -0.640. The Morgan fingerprint density at radius 3 is 2.76 bits per heavy atom. The number of aromatic nitrogens is 1. The van der Waals surface area contributed by atoms with E-state index in [9.17, 15) is 0 Å². The highest BCUT2D eigenvalue weighted by Crippen LogP contribution is 2.23. The van der Waals surface area contributed by atoms with Crippen LogP contribution in [-0.2, 0) is 4.74 Å². The minimum atomic E-state index is 0.257. The molecule has 0 aliphatic carbocycles. The van der Waals surface area contributed by atoms with Gasteiger partial charge in [0.25, 0.3) is 0 Å². The number of nitrogens with one attached hydrogen (secondary N) is 1. The van der Waals surface area contributed by atoms with Crippen LogP contribution in [0, 0.1) is 5.92 Å². The average Bonchev–Trinajstić information content (AvgIpc) is 2.34. The molecule has 4 heteroatoms. The zero-order valence-electron chi connectivity index (χ0n) is 10.7. The molecule has 1 aromatic heterocycles. The summed E-state index contributed by atoms with van der Waals surface area (Å²) in [6.45, 7) is 6.01. The van der Waals surface area contributed by atoms with Crippen molar-refractivity contribution in [1.82, 2.24) is 10.3 Å². The van der Waals surface area contributed by atoms with Crippen LogP contribution in [0.15, 0.2) is 18.3 Å². The summed E-state index contributed by atoms with van der Waals surface area (Å²) in [6, 6.07) is 4.13. The van der Waals surface area contributed by atoms with Crippen LogP contribution in [-0.4, -0.2) is 25.2 Å². The maximum Gasteiger partial charge on any atom is 0.0589 e. The highest BCUT2D eigenvalue weighted by molar-refractivity contribution is 6.30. The van der Waals surface area contributed by atoms with Crippen LogP contribution in [0.1, 0.15) is 32.0 Å². The van der Waals surface area contributed by atoms with Crippen molar-refractivity contribution >= 4 is 11.6 Å². The first-order valence-corrected chi connectivity index (χ1v) is 6.40. The number of hydrogen-bond acceptors (Lipinski definition) is 3. The summed E-state index contributed by atoms with van der Waals surface area (Å²) in [4.78, 5) is 4.39. The fourth-order valence-electron chi connectivity index (χ4n) is 1.86. The first kappa shape index (κ1) is 14.4. The summed E-state index contributed by atoms with van der Waals surface area (Å²) in [5.41, 5.74) is 1.04. The Balaban J connectivity index is 2.73. The third kappa shape index (κ3) is 4.62. The highest BCUT2D eigenvalue weighted by atomic mass is 35.5. The van der Waals surface area contributed by atoms with Crippen molar-refractivity contribution in [3.63, 3.8) is 0 Å². The minimum absolute atomic E-state index is 0.257. The summed E-state index contributed by atoms with van der Waals surface area (Å²) < 4.78 is 5.13. The monoisotopic (exact) mass is 256 g/mol. The van der Waals surface area contributed by atoms with Crippen molar-refractivity contribution in [1.29, 1.82) is 0 Å². The predicted molar refractivity (Wildman–Crippen MR) is 71.3 cm³/mol. The van der Waals surface area contributed by atoms with Gasteiger partial charge in [-0.25, -0.2) is 0 Å². The summed E-state index contributed by atoms with van der Waals surface area (Å²) in [5.74, 6) is 0.476. The van der Waals surface area contributed by atoms with Gasteiger partial charge in [-0.2, -0.15) is 0 Å². The fourth-order valence-corrected chi connectivity index (χ4v) is 1.97. The van der Waals surface area contributed by atoms with Crippen LogP contribution in [0.4, 0.5) is 0 Å². The van der Waals surface area contributed by atoms with Gasteiger partial charge in [0.05, 0.1) is 16.8 Å². The van der Waals surface area contributed by atoms with Crippen LogP contribution in [0.25, 0.3) is 0 Å². The van der Waals surface area contributed by atoms with Crippen LogP contribution in [0.5, 0.6) is 0 Å². The molecule has 1 rings (SSSR count). The van der Waals surface area contributed by atoms with Gasteiger partial charge in [-0.3, -0.25) is 4.98 Å². The van der Waals surface area contributed by atoms with E-state index in [1.54, 1.807) is 13.3 Å². The van der Waals surface area contributed by atoms with E-state index < -0.39 is 0 Å². The molecule has 96 valence electrons. The normalized spacial score (nSPS) is 14.6. The first-order valence-electron chi connectivity index (χ1n) is 6.02. The minimum Gasteiger partial charge on any atom is -0.385 e. The van der Waals surface area contributed by atoms with Crippen molar-refractivity contribution in [3.8, 4) is 0 Å². The molecule has 0 bridgehead atoms. The average molecular weight is 257 g/mol. The van der Waals surface area contributed by atoms with E-state index in [-0.39, 0.29) is 6.04 Å². The summed E-state index contributed by atoms with van der Waals surface area (Å²) >= 11 is 5.85. The summed E-state index contributed by atoms with van der Waals surface area (Å²) in [5, 5.41) is 4.14. The number of ether oxygens (including phenoxy) is 1. The molecule has 0 saturated heterocycles. The lowest BCUT2D eigenvalue weighted by molar-refractivity contribution is 0.170. The van der Waals surface area contributed by atoms with Crippen LogP contribution in [0.3, 0.4) is 0 Å². The van der Waals surface area contributed by atoms with Crippen LogP contribution >= 0.6 is 11.6 Å². The quantitative estimate of drug-likeness (QED) is 0.814. The third-order valence-electron chi connectivity index (χ3n) is 2.84. The zero-order chi connectivity index (χ0) is 12.7. The Bertz CT molecular complexity index is 316. The van der Waals surface area contributed by atoms with E-state index in [0.717, 1.165) is 25.3 Å². The van der Waals surface area contributed by atoms with Crippen molar-refractivity contribution in [2.45, 2.75) is 26.3 Å². The molecule has 0 fully saturated rings. The Labute approximate surface area is 109 Å². The smallest absolute Gasteiger partial charge is 0.0589 e. The predicted octanol–water partition coefficient (Wildman–Crippen LogP) is 3.06. The SMILES string of the molecule is CCNC(c1ccc(Cl)cn1)C(C)CCOC. The van der Waals surface area contributed by atoms with Gasteiger partial charge >= 0.3 is 0 Å². The molecule has 2 unspecified atom stereocenters. The second-order valence-corrected chi connectivity index (χ2v) is 4.63. The number of methoxy groups -OCH3 is 1. The lowest BCUT2D eigenvalue weighted by Gasteiger charge is -2.24. The van der Waals surface area contributed by atoms with Crippen LogP contribution in [0.2, 0.25) is 5.02 Å². The van der Waals surface area contributed by atoms with Crippen molar-refractivity contribution in [2.75, 3.05) is 20.3 Å². The number of rotatable bonds is 7. The van der Waals surface area contributed by atoms with Gasteiger partial charge in [0.15, 0.2) is 0 Å². The van der Waals surface area contributed by atoms with Gasteiger partial charge in [0.1, 0.15) is 0 Å². The molecule has 0 spiro atoms. The molecule has 0 aromatic carbocycles. The lowest BCUT2D eigenvalue weighted by Crippen LogP contribution is -2.28.